The van der Waals surface area contributed by atoms with E-state index in [-0.39, 0.29) is 17.9 Å². The second-order valence-electron chi connectivity index (χ2n) is 6.83. The highest BCUT2D eigenvalue weighted by Gasteiger charge is 2.54. The van der Waals surface area contributed by atoms with Crippen molar-refractivity contribution in [1.82, 2.24) is 5.32 Å². The molecule has 22 heavy (non-hydrogen) atoms. The number of benzene rings is 1. The van der Waals surface area contributed by atoms with Crippen LogP contribution in [0.3, 0.4) is 0 Å². The molecule has 1 aromatic carbocycles. The standard InChI is InChI=1S/C19H22N2O/c1-12-4-7-17(13(2)8-12)14(3)21-18(22)19(11-20)10-15-5-6-16(19)9-15/h4-8,14-16H,9-10H2,1-3H3,(H,21,22). The van der Waals surface area contributed by atoms with Crippen molar-refractivity contribution in [1.29, 1.82) is 5.26 Å². The van der Waals surface area contributed by atoms with Crippen LogP contribution in [-0.4, -0.2) is 5.91 Å². The third kappa shape index (κ3) is 2.23. The minimum atomic E-state index is -0.869. The maximum atomic E-state index is 12.8. The van der Waals surface area contributed by atoms with Crippen molar-refractivity contribution in [3.8, 4) is 6.07 Å². The number of carbonyl (C=O) groups is 1. The summed E-state index contributed by atoms with van der Waals surface area (Å²) < 4.78 is 0. The molecule has 3 nitrogen and oxygen atoms in total. The fourth-order valence-corrected chi connectivity index (χ4v) is 4.01. The molecule has 0 aliphatic heterocycles. The largest absolute Gasteiger partial charge is 0.348 e. The van der Waals surface area contributed by atoms with E-state index in [9.17, 15) is 10.1 Å². The lowest BCUT2D eigenvalue weighted by Crippen LogP contribution is -2.43. The molecular formula is C19H22N2O. The van der Waals surface area contributed by atoms with Gasteiger partial charge in [-0.1, -0.05) is 35.9 Å². The molecule has 2 bridgehead atoms. The Bertz CT molecular complexity index is 685. The summed E-state index contributed by atoms with van der Waals surface area (Å²) in [5.74, 6) is 0.361. The monoisotopic (exact) mass is 294 g/mol. The zero-order chi connectivity index (χ0) is 15.9. The SMILES string of the molecule is Cc1ccc(C(C)NC(=O)C2(C#N)CC3C=CC2C3)c(C)c1. The number of hydrogen-bond acceptors (Lipinski definition) is 2. The summed E-state index contributed by atoms with van der Waals surface area (Å²) in [6.07, 6.45) is 5.81. The average Bonchev–Trinajstić information content (AvgIpc) is 3.07. The second kappa shape index (κ2) is 5.28. The highest BCUT2D eigenvalue weighted by molar-refractivity contribution is 5.87. The van der Waals surface area contributed by atoms with E-state index in [1.807, 2.05) is 6.92 Å². The maximum Gasteiger partial charge on any atom is 0.241 e. The van der Waals surface area contributed by atoms with Crippen molar-refractivity contribution in [2.75, 3.05) is 0 Å². The molecule has 1 fully saturated rings. The summed E-state index contributed by atoms with van der Waals surface area (Å²) in [4.78, 5) is 12.8. The predicted molar refractivity (Wildman–Crippen MR) is 85.9 cm³/mol. The topological polar surface area (TPSA) is 52.9 Å². The van der Waals surface area contributed by atoms with Gasteiger partial charge in [-0.15, -0.1) is 0 Å². The lowest BCUT2D eigenvalue weighted by molar-refractivity contribution is -0.130. The van der Waals surface area contributed by atoms with Gasteiger partial charge in [0.25, 0.3) is 0 Å². The Hall–Kier alpha value is -2.08. The van der Waals surface area contributed by atoms with Gasteiger partial charge in [-0.05, 0) is 50.7 Å². The lowest BCUT2D eigenvalue weighted by Gasteiger charge is -2.29. The van der Waals surface area contributed by atoms with Gasteiger partial charge in [0.15, 0.2) is 0 Å². The van der Waals surface area contributed by atoms with Crippen LogP contribution < -0.4 is 5.32 Å². The Kier molecular flexibility index (Phi) is 3.56. The molecule has 0 radical (unpaired) electrons. The molecule has 1 amide bonds. The van der Waals surface area contributed by atoms with Crippen molar-refractivity contribution in [3.05, 3.63) is 47.0 Å². The molecule has 0 saturated heterocycles. The lowest BCUT2D eigenvalue weighted by atomic mass is 9.76. The first-order valence-corrected chi connectivity index (χ1v) is 7.94. The van der Waals surface area contributed by atoms with Crippen LogP contribution in [-0.2, 0) is 4.79 Å². The van der Waals surface area contributed by atoms with Crippen molar-refractivity contribution in [3.63, 3.8) is 0 Å². The molecule has 2 aliphatic carbocycles. The molecule has 1 N–H and O–H groups in total. The van der Waals surface area contributed by atoms with E-state index < -0.39 is 5.41 Å². The molecule has 3 rings (SSSR count). The third-order valence-electron chi connectivity index (χ3n) is 5.23. The Balaban J connectivity index is 1.79. The first-order valence-electron chi connectivity index (χ1n) is 7.94. The van der Waals surface area contributed by atoms with Crippen LogP contribution in [0.1, 0.15) is 42.5 Å². The highest BCUT2D eigenvalue weighted by atomic mass is 16.2. The number of rotatable bonds is 3. The molecule has 3 heteroatoms. The first-order chi connectivity index (χ1) is 10.5. The van der Waals surface area contributed by atoms with Crippen LogP contribution >= 0.6 is 0 Å². The van der Waals surface area contributed by atoms with E-state index in [1.165, 1.54) is 11.1 Å². The first kappa shape index (κ1) is 14.8. The van der Waals surface area contributed by atoms with E-state index in [4.69, 9.17) is 0 Å². The van der Waals surface area contributed by atoms with Gasteiger partial charge in [0.1, 0.15) is 5.41 Å². The zero-order valence-electron chi connectivity index (χ0n) is 13.4. The van der Waals surface area contributed by atoms with E-state index in [0.29, 0.717) is 12.3 Å². The average molecular weight is 294 g/mol. The number of carbonyl (C=O) groups excluding carboxylic acids is 1. The van der Waals surface area contributed by atoms with Crippen LogP contribution in [0.2, 0.25) is 0 Å². The van der Waals surface area contributed by atoms with Gasteiger partial charge in [-0.2, -0.15) is 5.26 Å². The van der Waals surface area contributed by atoms with Gasteiger partial charge >= 0.3 is 0 Å². The smallest absolute Gasteiger partial charge is 0.241 e. The Morgan fingerprint density at radius 1 is 1.41 bits per heavy atom. The predicted octanol–water partition coefficient (Wildman–Crippen LogP) is 3.59. The summed E-state index contributed by atoms with van der Waals surface area (Å²) in [6.45, 7) is 6.11. The fourth-order valence-electron chi connectivity index (χ4n) is 4.01. The van der Waals surface area contributed by atoms with E-state index in [1.54, 1.807) is 0 Å². The molecule has 4 unspecified atom stereocenters. The van der Waals surface area contributed by atoms with Gasteiger partial charge < -0.3 is 5.32 Å². The molecule has 1 saturated carbocycles. The van der Waals surface area contributed by atoms with Gasteiger partial charge in [0.05, 0.1) is 12.1 Å². The maximum absolute atomic E-state index is 12.8. The van der Waals surface area contributed by atoms with E-state index in [2.05, 4.69) is 55.6 Å². The third-order valence-corrected chi connectivity index (χ3v) is 5.23. The van der Waals surface area contributed by atoms with E-state index in [0.717, 1.165) is 12.0 Å². The van der Waals surface area contributed by atoms with Crippen LogP contribution in [0.5, 0.6) is 0 Å². The minimum Gasteiger partial charge on any atom is -0.348 e. The van der Waals surface area contributed by atoms with Crippen LogP contribution in [0, 0.1) is 42.4 Å². The van der Waals surface area contributed by atoms with Crippen molar-refractivity contribution in [2.24, 2.45) is 17.3 Å². The molecule has 1 aromatic rings. The molecule has 0 aromatic heterocycles. The summed E-state index contributed by atoms with van der Waals surface area (Å²) in [6, 6.07) is 8.49. The molecule has 0 spiro atoms. The summed E-state index contributed by atoms with van der Waals surface area (Å²) >= 11 is 0. The Morgan fingerprint density at radius 3 is 2.73 bits per heavy atom. The number of fused-ring (bicyclic) bond motifs is 2. The van der Waals surface area contributed by atoms with Crippen molar-refractivity contribution >= 4 is 5.91 Å². The molecular weight excluding hydrogens is 272 g/mol. The molecule has 114 valence electrons. The summed E-state index contributed by atoms with van der Waals surface area (Å²) in [7, 11) is 0. The van der Waals surface area contributed by atoms with E-state index >= 15 is 0 Å². The van der Waals surface area contributed by atoms with Crippen molar-refractivity contribution < 1.29 is 4.79 Å². The molecule has 4 atom stereocenters. The number of nitrogens with one attached hydrogen (secondary N) is 1. The number of nitriles is 1. The van der Waals surface area contributed by atoms with Crippen molar-refractivity contribution in [2.45, 2.75) is 39.7 Å². The number of amides is 1. The Morgan fingerprint density at radius 2 is 2.18 bits per heavy atom. The van der Waals surface area contributed by atoms with Gasteiger partial charge in [-0.25, -0.2) is 0 Å². The highest BCUT2D eigenvalue weighted by Crippen LogP contribution is 2.52. The second-order valence-corrected chi connectivity index (χ2v) is 6.83. The van der Waals surface area contributed by atoms with Crippen LogP contribution in [0.15, 0.2) is 30.4 Å². The number of allylic oxidation sites excluding steroid dienone is 2. The van der Waals surface area contributed by atoms with Gasteiger partial charge in [-0.3, -0.25) is 4.79 Å². The summed E-state index contributed by atoms with van der Waals surface area (Å²) in [5.41, 5.74) is 2.63. The molecule has 0 heterocycles. The van der Waals surface area contributed by atoms with Crippen LogP contribution in [0.4, 0.5) is 0 Å². The number of nitrogens with zero attached hydrogens (tertiary/aromatic N) is 1. The zero-order valence-corrected chi connectivity index (χ0v) is 13.4. The molecule has 2 aliphatic rings. The minimum absolute atomic E-state index is 0.0776. The Labute approximate surface area is 132 Å². The fraction of sp³-hybridized carbons (Fsp3) is 0.474. The number of hydrogen-bond donors (Lipinski definition) is 1. The van der Waals surface area contributed by atoms with Gasteiger partial charge in [0, 0.05) is 5.92 Å². The van der Waals surface area contributed by atoms with Crippen LogP contribution in [0.25, 0.3) is 0 Å². The summed E-state index contributed by atoms with van der Waals surface area (Å²) in [5, 5.41) is 12.7. The normalized spacial score (nSPS) is 30.1. The quantitative estimate of drug-likeness (QED) is 0.866. The number of aryl methyl sites for hydroxylation is 2. The van der Waals surface area contributed by atoms with Gasteiger partial charge in [0.2, 0.25) is 5.91 Å².